The van der Waals surface area contributed by atoms with Crippen LogP contribution in [0.25, 0.3) is 11.5 Å². The van der Waals surface area contributed by atoms with Gasteiger partial charge in [0.1, 0.15) is 0 Å². The van der Waals surface area contributed by atoms with Crippen molar-refractivity contribution in [2.45, 2.75) is 39.2 Å². The van der Waals surface area contributed by atoms with E-state index in [4.69, 9.17) is 9.26 Å². The average molecular weight is 273 g/mol. The summed E-state index contributed by atoms with van der Waals surface area (Å²) in [5.41, 5.74) is 0.911. The number of hydrogen-bond donors (Lipinski definition) is 0. The van der Waals surface area contributed by atoms with Gasteiger partial charge in [0, 0.05) is 19.0 Å². The van der Waals surface area contributed by atoms with Crippen molar-refractivity contribution in [1.29, 1.82) is 0 Å². The van der Waals surface area contributed by atoms with E-state index in [1.807, 2.05) is 12.1 Å². The maximum Gasteiger partial charge on any atom is 0.259 e. The third-order valence-corrected chi connectivity index (χ3v) is 3.63. The van der Waals surface area contributed by atoms with Gasteiger partial charge >= 0.3 is 0 Å². The van der Waals surface area contributed by atoms with Gasteiger partial charge in [-0.05, 0) is 24.0 Å². The highest BCUT2D eigenvalue weighted by molar-refractivity contribution is 5.50. The highest BCUT2D eigenvalue weighted by atomic mass is 16.5. The summed E-state index contributed by atoms with van der Waals surface area (Å²) in [5.74, 6) is 1.46. The maximum absolute atomic E-state index is 5.87. The van der Waals surface area contributed by atoms with Crippen LogP contribution in [0.3, 0.4) is 0 Å². The Morgan fingerprint density at radius 3 is 2.85 bits per heavy atom. The molecule has 1 aliphatic heterocycles. The number of hydrogen-bond acceptors (Lipinski definition) is 5. The summed E-state index contributed by atoms with van der Waals surface area (Å²) in [6.45, 7) is 7.29. The Morgan fingerprint density at radius 1 is 1.30 bits per heavy atom. The molecule has 1 aliphatic rings. The Morgan fingerprint density at radius 2 is 2.15 bits per heavy atom. The fourth-order valence-electron chi connectivity index (χ4n) is 2.70. The van der Waals surface area contributed by atoms with Crippen molar-refractivity contribution in [1.82, 2.24) is 15.1 Å². The van der Waals surface area contributed by atoms with Gasteiger partial charge in [0.15, 0.2) is 5.82 Å². The van der Waals surface area contributed by atoms with E-state index in [0.29, 0.717) is 5.89 Å². The minimum Gasteiger partial charge on any atom is -0.377 e. The minimum absolute atomic E-state index is 0.0657. The van der Waals surface area contributed by atoms with E-state index < -0.39 is 0 Å². The molecule has 0 bridgehead atoms. The van der Waals surface area contributed by atoms with Gasteiger partial charge in [0.2, 0.25) is 0 Å². The van der Waals surface area contributed by atoms with Crippen molar-refractivity contribution in [2.75, 3.05) is 6.61 Å². The van der Waals surface area contributed by atoms with Gasteiger partial charge in [-0.3, -0.25) is 4.98 Å². The van der Waals surface area contributed by atoms with Gasteiger partial charge in [-0.1, -0.05) is 25.9 Å². The van der Waals surface area contributed by atoms with Crippen LogP contribution in [0, 0.1) is 5.41 Å². The molecule has 1 saturated heterocycles. The number of rotatable bonds is 2. The second-order valence-corrected chi connectivity index (χ2v) is 6.25. The number of aromatic nitrogens is 3. The van der Waals surface area contributed by atoms with Crippen molar-refractivity contribution in [3.63, 3.8) is 0 Å². The summed E-state index contributed by atoms with van der Waals surface area (Å²) in [6.07, 6.45) is 4.51. The largest absolute Gasteiger partial charge is 0.377 e. The summed E-state index contributed by atoms with van der Waals surface area (Å²) in [4.78, 5) is 8.60. The highest BCUT2D eigenvalue weighted by Crippen LogP contribution is 2.40. The first-order valence-corrected chi connectivity index (χ1v) is 6.91. The highest BCUT2D eigenvalue weighted by Gasteiger charge is 2.40. The molecule has 2 aromatic rings. The molecule has 0 aromatic carbocycles. The maximum atomic E-state index is 5.87. The zero-order valence-corrected chi connectivity index (χ0v) is 12.0. The third kappa shape index (κ3) is 2.45. The fraction of sp³-hybridized carbons (Fsp3) is 0.533. The minimum atomic E-state index is 0.0657. The quantitative estimate of drug-likeness (QED) is 0.841. The SMILES string of the molecule is CC(C)(C)[C@H]1OCC[C@@H]1c1noc(-c2cccnc2)n1. The van der Waals surface area contributed by atoms with Crippen LogP contribution in [0.1, 0.15) is 38.9 Å². The number of nitrogens with zero attached hydrogens (tertiary/aromatic N) is 3. The first-order valence-electron chi connectivity index (χ1n) is 6.91. The molecule has 1 fully saturated rings. The van der Waals surface area contributed by atoms with Gasteiger partial charge in [-0.25, -0.2) is 0 Å². The van der Waals surface area contributed by atoms with Crippen LogP contribution < -0.4 is 0 Å². The van der Waals surface area contributed by atoms with E-state index in [1.54, 1.807) is 12.4 Å². The van der Waals surface area contributed by atoms with Crippen LogP contribution in [0.5, 0.6) is 0 Å². The predicted octanol–water partition coefficient (Wildman–Crippen LogP) is 3.05. The molecule has 5 nitrogen and oxygen atoms in total. The third-order valence-electron chi connectivity index (χ3n) is 3.63. The molecule has 0 saturated carbocycles. The molecule has 0 amide bonds. The second kappa shape index (κ2) is 4.98. The molecular weight excluding hydrogens is 254 g/mol. The van der Waals surface area contributed by atoms with E-state index in [1.165, 1.54) is 0 Å². The zero-order chi connectivity index (χ0) is 14.2. The van der Waals surface area contributed by atoms with Crippen LogP contribution in [0.4, 0.5) is 0 Å². The Bertz CT molecular complexity index is 574. The van der Waals surface area contributed by atoms with Gasteiger partial charge in [-0.15, -0.1) is 0 Å². The van der Waals surface area contributed by atoms with E-state index in [-0.39, 0.29) is 17.4 Å². The van der Waals surface area contributed by atoms with Crippen LogP contribution in [-0.4, -0.2) is 27.8 Å². The van der Waals surface area contributed by atoms with Crippen molar-refractivity contribution in [2.24, 2.45) is 5.41 Å². The molecule has 0 radical (unpaired) electrons. The summed E-state index contributed by atoms with van der Waals surface area (Å²) in [5, 5.41) is 4.14. The Balaban J connectivity index is 1.87. The summed E-state index contributed by atoms with van der Waals surface area (Å²) in [6, 6.07) is 3.77. The Hall–Kier alpha value is -1.75. The van der Waals surface area contributed by atoms with E-state index in [9.17, 15) is 0 Å². The fourth-order valence-corrected chi connectivity index (χ4v) is 2.70. The molecular formula is C15H19N3O2. The lowest BCUT2D eigenvalue weighted by molar-refractivity contribution is 0.0193. The van der Waals surface area contributed by atoms with Gasteiger partial charge in [0.25, 0.3) is 5.89 Å². The molecule has 0 unspecified atom stereocenters. The Labute approximate surface area is 118 Å². The van der Waals surface area contributed by atoms with Crippen molar-refractivity contribution < 1.29 is 9.26 Å². The summed E-state index contributed by atoms with van der Waals surface area (Å²) < 4.78 is 11.2. The van der Waals surface area contributed by atoms with E-state index in [2.05, 4.69) is 35.9 Å². The lowest BCUT2D eigenvalue weighted by Gasteiger charge is -2.29. The molecule has 3 rings (SSSR count). The zero-order valence-electron chi connectivity index (χ0n) is 12.0. The standard InChI is InChI=1S/C15H19N3O2/c1-15(2,3)12-11(6-8-19-12)13-17-14(20-18-13)10-5-4-7-16-9-10/h4-5,7,9,11-12H,6,8H2,1-3H3/t11-,12-/m0/s1. The van der Waals surface area contributed by atoms with E-state index in [0.717, 1.165) is 24.4 Å². The van der Waals surface area contributed by atoms with Crippen molar-refractivity contribution in [3.8, 4) is 11.5 Å². The topological polar surface area (TPSA) is 61.0 Å². The number of ether oxygens (including phenoxy) is 1. The Kier molecular flexibility index (Phi) is 3.30. The molecule has 2 aromatic heterocycles. The molecule has 0 spiro atoms. The molecule has 20 heavy (non-hydrogen) atoms. The first kappa shape index (κ1) is 13.2. The van der Waals surface area contributed by atoms with Crippen LogP contribution in [0.15, 0.2) is 29.0 Å². The summed E-state index contributed by atoms with van der Waals surface area (Å²) in [7, 11) is 0. The molecule has 2 atom stereocenters. The lowest BCUT2D eigenvalue weighted by Crippen LogP contribution is -2.30. The number of pyridine rings is 1. The lowest BCUT2D eigenvalue weighted by atomic mass is 9.81. The molecule has 0 aliphatic carbocycles. The molecule has 0 N–H and O–H groups in total. The molecule has 106 valence electrons. The smallest absolute Gasteiger partial charge is 0.259 e. The van der Waals surface area contributed by atoms with Gasteiger partial charge in [-0.2, -0.15) is 4.98 Å². The van der Waals surface area contributed by atoms with Crippen LogP contribution in [-0.2, 0) is 4.74 Å². The van der Waals surface area contributed by atoms with Crippen LogP contribution >= 0.6 is 0 Å². The normalized spacial score (nSPS) is 23.1. The van der Waals surface area contributed by atoms with Crippen molar-refractivity contribution >= 4 is 0 Å². The monoisotopic (exact) mass is 273 g/mol. The molecule has 3 heterocycles. The van der Waals surface area contributed by atoms with E-state index >= 15 is 0 Å². The summed E-state index contributed by atoms with van der Waals surface area (Å²) >= 11 is 0. The van der Waals surface area contributed by atoms with Crippen LogP contribution in [0.2, 0.25) is 0 Å². The predicted molar refractivity (Wildman–Crippen MR) is 74.1 cm³/mol. The van der Waals surface area contributed by atoms with Gasteiger partial charge in [0.05, 0.1) is 17.6 Å². The van der Waals surface area contributed by atoms with Crippen molar-refractivity contribution in [3.05, 3.63) is 30.4 Å². The first-order chi connectivity index (χ1) is 9.55. The average Bonchev–Trinajstić information content (AvgIpc) is 3.08. The molecule has 5 heteroatoms. The van der Waals surface area contributed by atoms with Gasteiger partial charge < -0.3 is 9.26 Å². The second-order valence-electron chi connectivity index (χ2n) is 6.25.